The van der Waals surface area contributed by atoms with Gasteiger partial charge in [-0.3, -0.25) is 4.79 Å². The topological polar surface area (TPSA) is 172 Å². The first-order valence-corrected chi connectivity index (χ1v) is 33.2. The lowest BCUT2D eigenvalue weighted by molar-refractivity contribution is -0.105. The van der Waals surface area contributed by atoms with Crippen molar-refractivity contribution in [3.05, 3.63) is 106 Å². The van der Waals surface area contributed by atoms with Crippen LogP contribution >= 0.6 is 22.9 Å². The highest BCUT2D eigenvalue weighted by Crippen LogP contribution is 2.68. The van der Waals surface area contributed by atoms with E-state index in [-0.39, 0.29) is 28.9 Å². The third kappa shape index (κ3) is 15.9. The highest BCUT2D eigenvalue weighted by atomic mass is 35.5. The number of carbonyl (C=O) groups excluding carboxylic acids is 1. The number of thiophene rings is 1. The van der Waals surface area contributed by atoms with Crippen LogP contribution in [0.3, 0.4) is 0 Å². The molecule has 3 N–H and O–H groups in total. The summed E-state index contributed by atoms with van der Waals surface area (Å²) in [4.78, 5) is 21.5. The molecule has 85 heavy (non-hydrogen) atoms. The molecule has 0 bridgehead atoms. The Bertz CT molecular complexity index is 2950. The van der Waals surface area contributed by atoms with Crippen molar-refractivity contribution in [1.82, 2.24) is 30.2 Å². The Morgan fingerprint density at radius 3 is 2.35 bits per heavy atom. The molecule has 0 spiro atoms. The molecule has 1 unspecified atom stereocenters. The number of pyridine rings is 1. The van der Waals surface area contributed by atoms with E-state index in [1.165, 1.54) is 42.6 Å². The SMILES string of the molecule is CNC1CCC(N(Cc2cccc(-c3ccnc(OCCOCCOCCOCCn4cc(COCCOCCCCCC[C@](C)(O)C5CC[C@H]6[C@@H]7CC=C8C[C@@H](O)CC[C@]8(C)[C@H]7CC[C@]56C)nn4)c3)c2)C(=O)c2sc3ccccc3c2Cl)CC1. The first-order chi connectivity index (χ1) is 41.3. The predicted octanol–water partition coefficient (Wildman–Crippen LogP) is 12.7. The van der Waals surface area contributed by atoms with Crippen molar-refractivity contribution < 1.29 is 43.4 Å². The summed E-state index contributed by atoms with van der Waals surface area (Å²) in [6, 6.07) is 20.8. The van der Waals surface area contributed by atoms with Crippen LogP contribution in [0.1, 0.15) is 151 Å². The Morgan fingerprint density at radius 1 is 0.812 bits per heavy atom. The Kier molecular flexibility index (Phi) is 22.7. The standard InChI is InChI=1S/C68H95ClN6O9S/c1-66-28-24-55(76)44-51(66)16-21-56-58-22-23-61(67(58,2)29-25-59(56)66)68(3,78)27-9-5-6-10-32-79-38-39-83-47-53-46-74(73-72-53)31-33-80-34-35-81-36-37-82-40-41-84-62-43-50(26-30-71-62)49-13-11-12-48(42-49)45-75(54-19-17-52(70-4)18-20-54)65(77)64-63(69)57-14-7-8-15-60(57)85-64/h7-8,11-16,26,30,42-43,46,52,54-56,58-59,61,70,76,78H,5-6,9-10,17-25,27-29,31-41,44-45,47H2,1-4H3/t52?,54?,55-,56-,58-,59-,61?,66-,67-,68-/m0/s1. The minimum atomic E-state index is -0.624. The van der Waals surface area contributed by atoms with Gasteiger partial charge in [0.1, 0.15) is 17.2 Å². The summed E-state index contributed by atoms with van der Waals surface area (Å²) in [5.74, 6) is 3.03. The number of aliphatic hydroxyl groups excluding tert-OH is 1. The molecule has 8 atom stereocenters. The third-order valence-electron chi connectivity index (χ3n) is 20.3. The summed E-state index contributed by atoms with van der Waals surface area (Å²) in [5.41, 5.74) is 5.21. The smallest absolute Gasteiger partial charge is 0.266 e. The monoisotopic (exact) mass is 1210 g/mol. The lowest BCUT2D eigenvalue weighted by atomic mass is 9.46. The number of fused-ring (bicyclic) bond motifs is 6. The number of carbonyl (C=O) groups is 1. The van der Waals surface area contributed by atoms with Gasteiger partial charge in [-0.2, -0.15) is 0 Å². The van der Waals surface area contributed by atoms with Crippen LogP contribution in [0.4, 0.5) is 0 Å². The second kappa shape index (κ2) is 30.3. The average Bonchev–Trinajstić information content (AvgIpc) is 1.83. The normalized spacial score (nSPS) is 26.3. The quantitative estimate of drug-likeness (QED) is 0.0275. The minimum Gasteiger partial charge on any atom is -0.475 e. The number of amides is 1. The van der Waals surface area contributed by atoms with Crippen molar-refractivity contribution in [3.8, 4) is 17.0 Å². The van der Waals surface area contributed by atoms with Crippen LogP contribution in [0.15, 0.2) is 84.7 Å². The highest BCUT2D eigenvalue weighted by Gasteiger charge is 2.61. The fraction of sp³-hybridized carbons (Fsp3) is 0.647. The zero-order valence-corrected chi connectivity index (χ0v) is 52.6. The molecule has 4 saturated carbocycles. The summed E-state index contributed by atoms with van der Waals surface area (Å²) >= 11 is 8.35. The maximum Gasteiger partial charge on any atom is 0.266 e. The average molecular weight is 1210 g/mol. The van der Waals surface area contributed by atoms with Crippen LogP contribution in [0.5, 0.6) is 5.88 Å². The highest BCUT2D eigenvalue weighted by molar-refractivity contribution is 7.21. The van der Waals surface area contributed by atoms with Crippen LogP contribution in [0, 0.1) is 34.5 Å². The second-order valence-corrected chi connectivity index (χ2v) is 27.2. The van der Waals surface area contributed by atoms with Crippen molar-refractivity contribution >= 4 is 38.9 Å². The van der Waals surface area contributed by atoms with E-state index < -0.39 is 5.60 Å². The lowest BCUT2D eigenvalue weighted by Gasteiger charge is -2.59. The molecule has 5 aliphatic carbocycles. The maximum atomic E-state index is 14.4. The van der Waals surface area contributed by atoms with E-state index in [2.05, 4.69) is 65.7 Å². The number of nitrogens with zero attached hydrogens (tertiary/aromatic N) is 5. The fourth-order valence-electron chi connectivity index (χ4n) is 15.7. The third-order valence-corrected chi connectivity index (χ3v) is 22.0. The fourth-order valence-corrected chi connectivity index (χ4v) is 17.2. The van der Waals surface area contributed by atoms with Crippen molar-refractivity contribution in [1.29, 1.82) is 0 Å². The van der Waals surface area contributed by atoms with E-state index in [0.717, 1.165) is 134 Å². The van der Waals surface area contributed by atoms with Gasteiger partial charge in [0.2, 0.25) is 5.88 Å². The minimum absolute atomic E-state index is 0.00847. The van der Waals surface area contributed by atoms with Crippen LogP contribution in [0.25, 0.3) is 21.2 Å². The molecule has 2 aromatic carbocycles. The number of halogens is 1. The molecule has 17 heteroatoms. The van der Waals surface area contributed by atoms with Crippen molar-refractivity contribution in [3.63, 3.8) is 0 Å². The molecule has 5 aliphatic rings. The van der Waals surface area contributed by atoms with Gasteiger partial charge in [-0.05, 0) is 173 Å². The Hall–Kier alpha value is -4.33. The molecule has 0 saturated heterocycles. The summed E-state index contributed by atoms with van der Waals surface area (Å²) in [6.07, 6.45) is 24.1. The summed E-state index contributed by atoms with van der Waals surface area (Å²) in [5, 5.41) is 35.7. The number of nitrogens with one attached hydrogen (secondary N) is 1. The van der Waals surface area contributed by atoms with Gasteiger partial charge in [0, 0.05) is 47.6 Å². The first kappa shape index (κ1) is 63.7. The number of rotatable bonds is 32. The van der Waals surface area contributed by atoms with Crippen molar-refractivity contribution in [2.45, 2.75) is 173 Å². The zero-order chi connectivity index (χ0) is 59.2. The van der Waals surface area contributed by atoms with Gasteiger partial charge in [0.05, 0.1) is 88.9 Å². The largest absolute Gasteiger partial charge is 0.475 e. The second-order valence-electron chi connectivity index (χ2n) is 25.7. The molecule has 0 aliphatic heterocycles. The van der Waals surface area contributed by atoms with E-state index in [4.69, 9.17) is 40.0 Å². The number of hydrogen-bond donors (Lipinski definition) is 3. The van der Waals surface area contributed by atoms with Gasteiger partial charge in [-0.25, -0.2) is 9.67 Å². The molecule has 3 aromatic heterocycles. The van der Waals surface area contributed by atoms with Crippen LogP contribution in [-0.4, -0.2) is 138 Å². The van der Waals surface area contributed by atoms with Crippen molar-refractivity contribution in [2.24, 2.45) is 34.5 Å². The van der Waals surface area contributed by atoms with Crippen LogP contribution in [-0.2, 0) is 43.4 Å². The number of benzene rings is 2. The summed E-state index contributed by atoms with van der Waals surface area (Å²) in [7, 11) is 2.02. The number of aromatic nitrogens is 4. The molecule has 3 heterocycles. The predicted molar refractivity (Wildman–Crippen MR) is 335 cm³/mol. The van der Waals surface area contributed by atoms with E-state index in [1.54, 1.807) is 10.9 Å². The van der Waals surface area contributed by atoms with E-state index in [0.29, 0.717) is 113 Å². The number of allylic oxidation sites excluding steroid dienone is 1. The molecule has 464 valence electrons. The van der Waals surface area contributed by atoms with Gasteiger partial charge < -0.3 is 48.9 Å². The number of aliphatic hydroxyl groups is 2. The first-order valence-electron chi connectivity index (χ1n) is 32.0. The summed E-state index contributed by atoms with van der Waals surface area (Å²) < 4.78 is 37.7. The van der Waals surface area contributed by atoms with E-state index >= 15 is 0 Å². The molecular weight excluding hydrogens is 1110 g/mol. The maximum absolute atomic E-state index is 14.4. The van der Waals surface area contributed by atoms with Gasteiger partial charge in [0.25, 0.3) is 5.91 Å². The Labute approximate surface area is 513 Å². The number of unbranched alkanes of at least 4 members (excludes halogenated alkanes) is 3. The molecule has 5 aromatic rings. The number of ether oxygens (including phenoxy) is 6. The Morgan fingerprint density at radius 2 is 1.55 bits per heavy atom. The van der Waals surface area contributed by atoms with Gasteiger partial charge in [-0.1, -0.05) is 98.0 Å². The molecule has 15 nitrogen and oxygen atoms in total. The summed E-state index contributed by atoms with van der Waals surface area (Å²) in [6.45, 7) is 13.4. The van der Waals surface area contributed by atoms with Gasteiger partial charge in [0.15, 0.2) is 0 Å². The van der Waals surface area contributed by atoms with Gasteiger partial charge in [-0.15, -0.1) is 16.4 Å². The number of hydrogen-bond acceptors (Lipinski definition) is 14. The van der Waals surface area contributed by atoms with E-state index in [9.17, 15) is 15.0 Å². The molecule has 10 rings (SSSR count). The van der Waals surface area contributed by atoms with Gasteiger partial charge >= 0.3 is 0 Å². The van der Waals surface area contributed by atoms with Crippen LogP contribution in [0.2, 0.25) is 5.02 Å². The molecule has 4 fully saturated rings. The molecule has 1 amide bonds. The van der Waals surface area contributed by atoms with Crippen molar-refractivity contribution in [2.75, 3.05) is 73.1 Å². The Balaban J connectivity index is 0.531. The molecular formula is C68H95ClN6O9S. The van der Waals surface area contributed by atoms with E-state index in [1.807, 2.05) is 60.6 Å². The molecule has 0 radical (unpaired) electrons. The van der Waals surface area contributed by atoms with Crippen LogP contribution < -0.4 is 10.1 Å². The lowest BCUT2D eigenvalue weighted by Crippen LogP contribution is -2.53. The zero-order valence-electron chi connectivity index (χ0n) is 51.0.